The number of hydrogen-bond acceptors (Lipinski definition) is 2. The summed E-state index contributed by atoms with van der Waals surface area (Å²) >= 11 is 0. The molecule has 16 heavy (non-hydrogen) atoms. The van der Waals surface area contributed by atoms with Crippen LogP contribution in [0.1, 0.15) is 12.5 Å². The Bertz CT molecular complexity index is 445. The Labute approximate surface area is 95.7 Å². The predicted octanol–water partition coefficient (Wildman–Crippen LogP) is 3.62. The van der Waals surface area contributed by atoms with Gasteiger partial charge in [0.15, 0.2) is 0 Å². The molecule has 2 N–H and O–H groups in total. The van der Waals surface area contributed by atoms with Crippen LogP contribution in [0, 0.1) is 0 Å². The van der Waals surface area contributed by atoms with Crippen molar-refractivity contribution in [1.82, 2.24) is 0 Å². The molecule has 0 aliphatic carbocycles. The largest absolute Gasteiger partial charge is 0.457 e. The van der Waals surface area contributed by atoms with Crippen molar-refractivity contribution in [3.05, 3.63) is 54.1 Å². The number of rotatable bonds is 3. The van der Waals surface area contributed by atoms with E-state index in [4.69, 9.17) is 10.5 Å². The van der Waals surface area contributed by atoms with E-state index < -0.39 is 0 Å². The molecule has 0 fully saturated rings. The lowest BCUT2D eigenvalue weighted by Gasteiger charge is -2.06. The summed E-state index contributed by atoms with van der Waals surface area (Å²) in [6.07, 6.45) is 1.04. The molecular formula is C14H15NO. The molecule has 2 aromatic rings. The summed E-state index contributed by atoms with van der Waals surface area (Å²) in [5.41, 5.74) is 7.66. The van der Waals surface area contributed by atoms with Crippen molar-refractivity contribution >= 4 is 5.69 Å². The third kappa shape index (κ3) is 2.54. The molecule has 82 valence electrons. The molecule has 0 bridgehead atoms. The topological polar surface area (TPSA) is 35.2 Å². The molecule has 0 atom stereocenters. The van der Waals surface area contributed by atoms with E-state index in [1.165, 1.54) is 5.56 Å². The minimum atomic E-state index is 0.744. The van der Waals surface area contributed by atoms with Crippen LogP contribution in [0.15, 0.2) is 48.5 Å². The van der Waals surface area contributed by atoms with Gasteiger partial charge in [0.05, 0.1) is 0 Å². The monoisotopic (exact) mass is 213 g/mol. The van der Waals surface area contributed by atoms with Crippen molar-refractivity contribution in [2.24, 2.45) is 0 Å². The summed E-state index contributed by atoms with van der Waals surface area (Å²) in [6, 6.07) is 15.5. The van der Waals surface area contributed by atoms with Crippen molar-refractivity contribution in [3.63, 3.8) is 0 Å². The molecule has 2 rings (SSSR count). The van der Waals surface area contributed by atoms with Gasteiger partial charge in [0.2, 0.25) is 0 Å². The highest BCUT2D eigenvalue weighted by molar-refractivity contribution is 5.43. The van der Waals surface area contributed by atoms with E-state index in [9.17, 15) is 0 Å². The van der Waals surface area contributed by atoms with E-state index in [2.05, 4.69) is 19.1 Å². The first-order chi connectivity index (χ1) is 7.78. The lowest BCUT2D eigenvalue weighted by molar-refractivity contribution is 0.482. The van der Waals surface area contributed by atoms with Crippen LogP contribution in [0.5, 0.6) is 11.5 Å². The third-order valence-electron chi connectivity index (χ3n) is 2.45. The molecule has 0 heterocycles. The van der Waals surface area contributed by atoms with E-state index >= 15 is 0 Å². The van der Waals surface area contributed by atoms with Gasteiger partial charge in [-0.3, -0.25) is 0 Å². The first kappa shape index (κ1) is 10.6. The van der Waals surface area contributed by atoms with Crippen molar-refractivity contribution in [1.29, 1.82) is 0 Å². The van der Waals surface area contributed by atoms with E-state index in [0.29, 0.717) is 0 Å². The van der Waals surface area contributed by atoms with Crippen LogP contribution in [0.3, 0.4) is 0 Å². The van der Waals surface area contributed by atoms with Crippen molar-refractivity contribution in [2.45, 2.75) is 13.3 Å². The van der Waals surface area contributed by atoms with Gasteiger partial charge >= 0.3 is 0 Å². The molecule has 2 aromatic carbocycles. The van der Waals surface area contributed by atoms with E-state index in [1.807, 2.05) is 36.4 Å². The van der Waals surface area contributed by atoms with Crippen LogP contribution in [0.4, 0.5) is 5.69 Å². The van der Waals surface area contributed by atoms with Crippen LogP contribution in [-0.4, -0.2) is 0 Å². The second-order valence-electron chi connectivity index (χ2n) is 3.67. The number of hydrogen-bond donors (Lipinski definition) is 1. The molecule has 0 unspecified atom stereocenters. The van der Waals surface area contributed by atoms with Gasteiger partial charge in [-0.15, -0.1) is 0 Å². The molecule has 0 aliphatic heterocycles. The Morgan fingerprint density at radius 2 is 1.38 bits per heavy atom. The predicted molar refractivity (Wildman–Crippen MR) is 66.7 cm³/mol. The molecule has 0 saturated heterocycles. The molecule has 0 radical (unpaired) electrons. The fourth-order valence-electron chi connectivity index (χ4n) is 1.47. The first-order valence-electron chi connectivity index (χ1n) is 5.40. The third-order valence-corrected chi connectivity index (χ3v) is 2.45. The Balaban J connectivity index is 2.11. The second kappa shape index (κ2) is 4.71. The fraction of sp³-hybridized carbons (Fsp3) is 0.143. The lowest BCUT2D eigenvalue weighted by atomic mass is 10.2. The summed E-state index contributed by atoms with van der Waals surface area (Å²) in [5, 5.41) is 0. The lowest BCUT2D eigenvalue weighted by Crippen LogP contribution is -1.87. The standard InChI is InChI=1S/C14H15NO/c1-2-11-3-7-13(8-4-11)16-14-9-5-12(15)6-10-14/h3-10H,2,15H2,1H3. The van der Waals surface area contributed by atoms with Crippen LogP contribution < -0.4 is 10.5 Å². The van der Waals surface area contributed by atoms with Crippen molar-refractivity contribution in [2.75, 3.05) is 5.73 Å². The smallest absolute Gasteiger partial charge is 0.127 e. The maximum atomic E-state index is 5.68. The highest BCUT2D eigenvalue weighted by Gasteiger charge is 1.96. The van der Waals surface area contributed by atoms with Crippen LogP contribution >= 0.6 is 0 Å². The summed E-state index contributed by atoms with van der Waals surface area (Å²) in [6.45, 7) is 2.13. The van der Waals surface area contributed by atoms with Gasteiger partial charge < -0.3 is 10.5 Å². The number of nitrogen functional groups attached to an aromatic ring is 1. The Morgan fingerprint density at radius 3 is 1.88 bits per heavy atom. The average Bonchev–Trinajstić information content (AvgIpc) is 2.33. The highest BCUT2D eigenvalue weighted by atomic mass is 16.5. The van der Waals surface area contributed by atoms with Crippen LogP contribution in [0.25, 0.3) is 0 Å². The SMILES string of the molecule is CCc1ccc(Oc2ccc(N)cc2)cc1. The van der Waals surface area contributed by atoms with E-state index in [0.717, 1.165) is 23.6 Å². The minimum Gasteiger partial charge on any atom is -0.457 e. The summed E-state index contributed by atoms with van der Waals surface area (Å²) in [7, 11) is 0. The average molecular weight is 213 g/mol. The second-order valence-corrected chi connectivity index (χ2v) is 3.67. The zero-order valence-electron chi connectivity index (χ0n) is 9.31. The van der Waals surface area contributed by atoms with Crippen molar-refractivity contribution < 1.29 is 4.74 Å². The van der Waals surface area contributed by atoms with Gasteiger partial charge in [0, 0.05) is 5.69 Å². The van der Waals surface area contributed by atoms with Gasteiger partial charge in [-0.2, -0.15) is 0 Å². The molecule has 0 amide bonds. The summed E-state index contributed by atoms with van der Waals surface area (Å²) in [5.74, 6) is 1.65. The van der Waals surface area contributed by atoms with Gasteiger partial charge in [0.25, 0.3) is 0 Å². The quantitative estimate of drug-likeness (QED) is 0.790. The van der Waals surface area contributed by atoms with E-state index in [-0.39, 0.29) is 0 Å². The highest BCUT2D eigenvalue weighted by Crippen LogP contribution is 2.22. The maximum Gasteiger partial charge on any atom is 0.127 e. The zero-order chi connectivity index (χ0) is 11.4. The molecule has 0 aliphatic rings. The minimum absolute atomic E-state index is 0.744. The Morgan fingerprint density at radius 1 is 0.875 bits per heavy atom. The normalized spacial score (nSPS) is 10.1. The molecular weight excluding hydrogens is 198 g/mol. The molecule has 0 spiro atoms. The summed E-state index contributed by atoms with van der Waals surface area (Å²) < 4.78 is 5.68. The van der Waals surface area contributed by atoms with Gasteiger partial charge in [0.1, 0.15) is 11.5 Å². The number of aryl methyl sites for hydroxylation is 1. The Kier molecular flexibility index (Phi) is 3.10. The van der Waals surface area contributed by atoms with Crippen LogP contribution in [0.2, 0.25) is 0 Å². The van der Waals surface area contributed by atoms with Gasteiger partial charge in [-0.25, -0.2) is 0 Å². The number of benzene rings is 2. The number of ether oxygens (including phenoxy) is 1. The van der Waals surface area contributed by atoms with E-state index in [1.54, 1.807) is 0 Å². The number of nitrogens with two attached hydrogens (primary N) is 1. The van der Waals surface area contributed by atoms with Crippen LogP contribution in [-0.2, 0) is 6.42 Å². The Hall–Kier alpha value is -1.96. The molecule has 0 aromatic heterocycles. The van der Waals surface area contributed by atoms with Gasteiger partial charge in [-0.05, 0) is 48.4 Å². The fourth-order valence-corrected chi connectivity index (χ4v) is 1.47. The molecule has 0 saturated carbocycles. The molecule has 2 heteroatoms. The maximum absolute atomic E-state index is 5.68. The van der Waals surface area contributed by atoms with Gasteiger partial charge in [-0.1, -0.05) is 19.1 Å². The summed E-state index contributed by atoms with van der Waals surface area (Å²) in [4.78, 5) is 0. The molecule has 2 nitrogen and oxygen atoms in total. The first-order valence-corrected chi connectivity index (χ1v) is 5.40. The number of anilines is 1. The van der Waals surface area contributed by atoms with Crippen molar-refractivity contribution in [3.8, 4) is 11.5 Å². The zero-order valence-corrected chi connectivity index (χ0v) is 9.31.